The summed E-state index contributed by atoms with van der Waals surface area (Å²) in [4.78, 5) is 38.0. The third kappa shape index (κ3) is 6.10. The smallest absolute Gasteiger partial charge is 0.328 e. The second-order valence-corrected chi connectivity index (χ2v) is 10.0. The van der Waals surface area contributed by atoms with Crippen LogP contribution in [-0.4, -0.2) is 41.8 Å². The number of carbonyl (C=O) groups is 3. The number of rotatable bonds is 8. The van der Waals surface area contributed by atoms with Crippen LogP contribution in [0.3, 0.4) is 0 Å². The summed E-state index contributed by atoms with van der Waals surface area (Å²) >= 11 is 6.55. The lowest BCUT2D eigenvalue weighted by atomic mass is 10.1. The maximum atomic E-state index is 12.8. The van der Waals surface area contributed by atoms with Gasteiger partial charge in [0.05, 0.1) is 23.1 Å². The lowest BCUT2D eigenvalue weighted by Crippen LogP contribution is -2.42. The number of hydrogen-bond acceptors (Lipinski definition) is 7. The Kier molecular flexibility index (Phi) is 8.82. The van der Waals surface area contributed by atoms with Crippen LogP contribution in [0.2, 0.25) is 0 Å². The molecule has 2 amide bonds. The van der Waals surface area contributed by atoms with Gasteiger partial charge in [0.2, 0.25) is 0 Å². The first-order valence-corrected chi connectivity index (χ1v) is 12.6. The Morgan fingerprint density at radius 2 is 1.91 bits per heavy atom. The molecule has 1 atom stereocenters. The molecular weight excluding hydrogens is 625 g/mol. The highest BCUT2D eigenvalue weighted by molar-refractivity contribution is 14.1. The number of amides is 2. The van der Waals surface area contributed by atoms with E-state index in [-0.39, 0.29) is 4.91 Å². The average molecular weight is 646 g/mol. The Morgan fingerprint density at radius 1 is 1.21 bits per heavy atom. The van der Waals surface area contributed by atoms with Crippen molar-refractivity contribution in [3.63, 3.8) is 0 Å². The van der Waals surface area contributed by atoms with E-state index in [0.29, 0.717) is 34.7 Å². The van der Waals surface area contributed by atoms with E-state index in [1.165, 1.54) is 14.0 Å². The number of methoxy groups -OCH3 is 1. The van der Waals surface area contributed by atoms with Gasteiger partial charge in [-0.3, -0.25) is 14.5 Å². The summed E-state index contributed by atoms with van der Waals surface area (Å²) in [7, 11) is 1.21. The number of benzene rings is 2. The highest BCUT2D eigenvalue weighted by Crippen LogP contribution is 2.40. The van der Waals surface area contributed by atoms with Crippen LogP contribution >= 0.6 is 50.3 Å². The van der Waals surface area contributed by atoms with Crippen molar-refractivity contribution in [3.05, 3.63) is 60.5 Å². The summed E-state index contributed by atoms with van der Waals surface area (Å²) < 4.78 is 18.2. The van der Waals surface area contributed by atoms with E-state index in [0.717, 1.165) is 25.8 Å². The Morgan fingerprint density at radius 3 is 2.55 bits per heavy atom. The van der Waals surface area contributed by atoms with Gasteiger partial charge in [-0.1, -0.05) is 12.1 Å². The highest BCUT2D eigenvalue weighted by atomic mass is 127. The van der Waals surface area contributed by atoms with Crippen LogP contribution in [0.4, 0.5) is 4.79 Å². The van der Waals surface area contributed by atoms with E-state index in [4.69, 9.17) is 9.47 Å². The fraction of sp³-hybridized carbons (Fsp3) is 0.261. The molecule has 1 saturated heterocycles. The largest absolute Gasteiger partial charge is 0.490 e. The molecule has 0 N–H and O–H groups in total. The van der Waals surface area contributed by atoms with Gasteiger partial charge in [0.25, 0.3) is 11.1 Å². The quantitative estimate of drug-likeness (QED) is 0.209. The summed E-state index contributed by atoms with van der Waals surface area (Å²) in [6.07, 6.45) is 1.59. The monoisotopic (exact) mass is 645 g/mol. The first kappa shape index (κ1) is 25.6. The molecule has 2 aromatic rings. The topological polar surface area (TPSA) is 82.1 Å². The van der Waals surface area contributed by atoms with Crippen molar-refractivity contribution in [3.8, 4) is 11.5 Å². The predicted octanol–water partition coefficient (Wildman–Crippen LogP) is 5.63. The van der Waals surface area contributed by atoms with Crippen LogP contribution in [0.25, 0.3) is 6.08 Å². The molecule has 1 heterocycles. The Bertz CT molecular complexity index is 1100. The van der Waals surface area contributed by atoms with E-state index >= 15 is 0 Å². The van der Waals surface area contributed by atoms with Crippen LogP contribution in [0.5, 0.6) is 11.5 Å². The number of halogens is 2. The number of imide groups is 1. The molecule has 174 valence electrons. The van der Waals surface area contributed by atoms with Gasteiger partial charge in [-0.05, 0) is 106 Å². The molecule has 2 aromatic carbocycles. The van der Waals surface area contributed by atoms with E-state index in [1.807, 2.05) is 31.2 Å². The second kappa shape index (κ2) is 11.4. The highest BCUT2D eigenvalue weighted by Gasteiger charge is 2.41. The van der Waals surface area contributed by atoms with Crippen LogP contribution in [-0.2, 0) is 20.9 Å². The third-order valence-electron chi connectivity index (χ3n) is 4.68. The van der Waals surface area contributed by atoms with Gasteiger partial charge in [0.1, 0.15) is 12.6 Å². The molecule has 7 nitrogen and oxygen atoms in total. The minimum atomic E-state index is -1.00. The normalized spacial score (nSPS) is 15.7. The lowest BCUT2D eigenvalue weighted by molar-refractivity contribution is -0.148. The van der Waals surface area contributed by atoms with E-state index in [2.05, 4.69) is 43.3 Å². The molecule has 10 heteroatoms. The zero-order chi connectivity index (χ0) is 24.1. The fourth-order valence-corrected chi connectivity index (χ4v) is 4.89. The van der Waals surface area contributed by atoms with Gasteiger partial charge in [0.15, 0.2) is 11.5 Å². The standard InChI is InChI=1S/C23H21BrINO6S/c1-4-31-18-10-15(9-17(24)20(18)32-12-14-5-7-16(25)8-6-14)11-19-21(27)26(23(29)33-19)13(2)22(28)30-3/h5-11,13H,4,12H2,1-3H3/b19-11+/t13-/m0/s1. The summed E-state index contributed by atoms with van der Waals surface area (Å²) in [6, 6.07) is 10.5. The van der Waals surface area contributed by atoms with Gasteiger partial charge in [-0.25, -0.2) is 4.79 Å². The average Bonchev–Trinajstić information content (AvgIpc) is 3.06. The zero-order valence-electron chi connectivity index (χ0n) is 18.1. The number of carbonyl (C=O) groups excluding carboxylic acids is 3. The van der Waals surface area contributed by atoms with Crippen LogP contribution in [0.1, 0.15) is 25.0 Å². The Hall–Kier alpha value is -2.05. The Balaban J connectivity index is 1.86. The van der Waals surface area contributed by atoms with Gasteiger partial charge in [-0.15, -0.1) is 0 Å². The van der Waals surface area contributed by atoms with Crippen molar-refractivity contribution in [2.75, 3.05) is 13.7 Å². The fourth-order valence-electron chi connectivity index (χ4n) is 3.05. The molecule has 0 unspecified atom stereocenters. The summed E-state index contributed by atoms with van der Waals surface area (Å²) in [5, 5.41) is -0.522. The number of hydrogen-bond donors (Lipinski definition) is 0. The molecule has 33 heavy (non-hydrogen) atoms. The predicted molar refractivity (Wildman–Crippen MR) is 138 cm³/mol. The second-order valence-electron chi connectivity index (χ2n) is 6.93. The first-order valence-electron chi connectivity index (χ1n) is 9.93. The van der Waals surface area contributed by atoms with Crippen molar-refractivity contribution in [2.45, 2.75) is 26.5 Å². The van der Waals surface area contributed by atoms with Crippen molar-refractivity contribution in [2.24, 2.45) is 0 Å². The molecular formula is C23H21BrINO6S. The van der Waals surface area contributed by atoms with Gasteiger partial charge in [-0.2, -0.15) is 0 Å². The minimum absolute atomic E-state index is 0.206. The van der Waals surface area contributed by atoms with Gasteiger partial charge in [0, 0.05) is 3.57 Å². The minimum Gasteiger partial charge on any atom is -0.490 e. The van der Waals surface area contributed by atoms with Gasteiger partial charge < -0.3 is 14.2 Å². The molecule has 0 bridgehead atoms. The maximum Gasteiger partial charge on any atom is 0.328 e. The number of esters is 1. The van der Waals surface area contributed by atoms with Crippen molar-refractivity contribution in [1.29, 1.82) is 0 Å². The molecule has 1 fully saturated rings. The molecule has 0 spiro atoms. The molecule has 0 aliphatic carbocycles. The first-order chi connectivity index (χ1) is 15.7. The summed E-state index contributed by atoms with van der Waals surface area (Å²) in [5.41, 5.74) is 1.66. The summed E-state index contributed by atoms with van der Waals surface area (Å²) in [5.74, 6) is -0.156. The molecule has 0 saturated carbocycles. The van der Waals surface area contributed by atoms with E-state index < -0.39 is 23.2 Å². The van der Waals surface area contributed by atoms with Gasteiger partial charge >= 0.3 is 5.97 Å². The van der Waals surface area contributed by atoms with Crippen molar-refractivity contribution in [1.82, 2.24) is 4.90 Å². The number of nitrogens with zero attached hydrogens (tertiary/aromatic N) is 1. The van der Waals surface area contributed by atoms with Crippen LogP contribution in [0, 0.1) is 3.57 Å². The molecule has 1 aliphatic rings. The Labute approximate surface area is 218 Å². The third-order valence-corrected chi connectivity index (χ3v) is 6.87. The SMILES string of the molecule is CCOc1cc(/C=C2/SC(=O)N([C@@H](C)C(=O)OC)C2=O)cc(Br)c1OCc1ccc(I)cc1. The van der Waals surface area contributed by atoms with Crippen LogP contribution in [0.15, 0.2) is 45.8 Å². The summed E-state index contributed by atoms with van der Waals surface area (Å²) in [6.45, 7) is 4.10. The van der Waals surface area contributed by atoms with E-state index in [9.17, 15) is 14.4 Å². The molecule has 1 aliphatic heterocycles. The molecule has 0 radical (unpaired) electrons. The molecule has 3 rings (SSSR count). The number of ether oxygens (including phenoxy) is 3. The van der Waals surface area contributed by atoms with Crippen LogP contribution < -0.4 is 9.47 Å². The van der Waals surface area contributed by atoms with Crippen molar-refractivity contribution < 1.29 is 28.6 Å². The van der Waals surface area contributed by atoms with Crippen molar-refractivity contribution >= 4 is 73.5 Å². The maximum absolute atomic E-state index is 12.8. The zero-order valence-corrected chi connectivity index (χ0v) is 22.7. The van der Waals surface area contributed by atoms with E-state index in [1.54, 1.807) is 18.2 Å². The number of thioether (sulfide) groups is 1. The molecule has 0 aromatic heterocycles. The lowest BCUT2D eigenvalue weighted by Gasteiger charge is -2.18.